The van der Waals surface area contributed by atoms with Crippen LogP contribution in [0.3, 0.4) is 0 Å². The third-order valence-corrected chi connectivity index (χ3v) is 5.33. The summed E-state index contributed by atoms with van der Waals surface area (Å²) in [6.07, 6.45) is 2.56. The summed E-state index contributed by atoms with van der Waals surface area (Å²) in [5.41, 5.74) is 3.26. The first-order valence-electron chi connectivity index (χ1n) is 10.6. The highest BCUT2D eigenvalue weighted by molar-refractivity contribution is 14.0. The lowest BCUT2D eigenvalue weighted by molar-refractivity contribution is 0.415. The first kappa shape index (κ1) is 23.8. The molecule has 1 aromatic heterocycles. The lowest BCUT2D eigenvalue weighted by Crippen LogP contribution is -2.44. The number of H-pyrrole nitrogens is 1. The van der Waals surface area contributed by atoms with Crippen molar-refractivity contribution in [2.24, 2.45) is 4.99 Å². The van der Waals surface area contributed by atoms with Crippen molar-refractivity contribution in [2.45, 2.75) is 25.9 Å². The predicted molar refractivity (Wildman–Crippen MR) is 139 cm³/mol. The first-order chi connectivity index (χ1) is 15.3. The molecule has 1 unspecified atom stereocenters. The van der Waals surface area contributed by atoms with Crippen molar-refractivity contribution < 1.29 is 4.74 Å². The normalized spacial score (nSPS) is 15.9. The number of hydrogen-bond acceptors (Lipinski definition) is 5. The van der Waals surface area contributed by atoms with Gasteiger partial charge in [-0.15, -0.1) is 24.0 Å². The fraction of sp³-hybridized carbons (Fsp3) is 0.348. The number of ether oxygens (including phenoxy) is 1. The molecule has 170 valence electrons. The Kier molecular flexibility index (Phi) is 8.72. The van der Waals surface area contributed by atoms with Gasteiger partial charge in [0.05, 0.1) is 19.3 Å². The molecule has 3 N–H and O–H groups in total. The smallest absolute Gasteiger partial charge is 0.191 e. The van der Waals surface area contributed by atoms with Gasteiger partial charge in [-0.2, -0.15) is 5.10 Å². The van der Waals surface area contributed by atoms with Gasteiger partial charge in [0.1, 0.15) is 12.1 Å². The summed E-state index contributed by atoms with van der Waals surface area (Å²) in [6.45, 7) is 5.37. The zero-order valence-corrected chi connectivity index (χ0v) is 20.7. The van der Waals surface area contributed by atoms with Crippen LogP contribution in [0.15, 0.2) is 59.9 Å². The van der Waals surface area contributed by atoms with Crippen LogP contribution in [-0.4, -0.2) is 53.9 Å². The van der Waals surface area contributed by atoms with Crippen LogP contribution in [0, 0.1) is 0 Å². The molecule has 1 aliphatic heterocycles. The van der Waals surface area contributed by atoms with Gasteiger partial charge in [0.2, 0.25) is 0 Å². The first-order valence-corrected chi connectivity index (χ1v) is 10.6. The summed E-state index contributed by atoms with van der Waals surface area (Å²) in [6, 6.07) is 16.7. The van der Waals surface area contributed by atoms with Gasteiger partial charge in [-0.1, -0.05) is 30.3 Å². The Morgan fingerprint density at radius 2 is 2.12 bits per heavy atom. The molecule has 1 atom stereocenters. The van der Waals surface area contributed by atoms with Crippen molar-refractivity contribution >= 4 is 35.6 Å². The summed E-state index contributed by atoms with van der Waals surface area (Å²) < 4.78 is 5.53. The summed E-state index contributed by atoms with van der Waals surface area (Å²) in [5.74, 6) is 2.51. The van der Waals surface area contributed by atoms with Gasteiger partial charge in [0.25, 0.3) is 0 Å². The Bertz CT molecular complexity index is 1010. The van der Waals surface area contributed by atoms with Crippen LogP contribution in [0.1, 0.15) is 18.9 Å². The largest absolute Gasteiger partial charge is 0.495 e. The van der Waals surface area contributed by atoms with Crippen LogP contribution in [0.2, 0.25) is 0 Å². The molecule has 4 rings (SSSR count). The molecule has 0 amide bonds. The van der Waals surface area contributed by atoms with Crippen molar-refractivity contribution in [3.63, 3.8) is 0 Å². The number of methoxy groups -OCH3 is 1. The minimum Gasteiger partial charge on any atom is -0.495 e. The van der Waals surface area contributed by atoms with E-state index < -0.39 is 0 Å². The molecule has 8 nitrogen and oxygen atoms in total. The minimum atomic E-state index is 0. The number of hydrogen-bond donors (Lipinski definition) is 3. The number of aromatic amines is 1. The van der Waals surface area contributed by atoms with Gasteiger partial charge in [-0.3, -0.25) is 5.10 Å². The molecular formula is C23H30IN7O. The minimum absolute atomic E-state index is 0. The number of nitrogens with one attached hydrogen (secondary N) is 3. The Morgan fingerprint density at radius 1 is 1.25 bits per heavy atom. The van der Waals surface area contributed by atoms with E-state index >= 15 is 0 Å². The fourth-order valence-electron chi connectivity index (χ4n) is 3.83. The average Bonchev–Trinajstić information content (AvgIpc) is 3.50. The Labute approximate surface area is 205 Å². The van der Waals surface area contributed by atoms with Crippen molar-refractivity contribution in [1.29, 1.82) is 0 Å². The number of aliphatic imine (C=N–C) groups is 1. The fourth-order valence-corrected chi connectivity index (χ4v) is 3.83. The molecule has 1 aliphatic rings. The molecule has 0 saturated carbocycles. The van der Waals surface area contributed by atoms with Gasteiger partial charge in [-0.05, 0) is 37.1 Å². The van der Waals surface area contributed by atoms with Gasteiger partial charge in [0.15, 0.2) is 11.8 Å². The lowest BCUT2D eigenvalue weighted by Gasteiger charge is -2.22. The zero-order valence-electron chi connectivity index (χ0n) is 18.4. The van der Waals surface area contributed by atoms with E-state index in [-0.39, 0.29) is 24.0 Å². The highest BCUT2D eigenvalue weighted by atomic mass is 127. The van der Waals surface area contributed by atoms with Crippen molar-refractivity contribution in [3.8, 4) is 17.1 Å². The quantitative estimate of drug-likeness (QED) is 0.239. The number of aromatic nitrogens is 3. The highest BCUT2D eigenvalue weighted by Gasteiger charge is 2.25. The summed E-state index contributed by atoms with van der Waals surface area (Å²) in [4.78, 5) is 11.4. The Morgan fingerprint density at radius 3 is 2.91 bits per heavy atom. The van der Waals surface area contributed by atoms with Crippen LogP contribution in [0.4, 0.5) is 5.69 Å². The van der Waals surface area contributed by atoms with Gasteiger partial charge >= 0.3 is 0 Å². The molecule has 32 heavy (non-hydrogen) atoms. The van der Waals surface area contributed by atoms with Crippen LogP contribution in [0.5, 0.6) is 5.75 Å². The topological polar surface area (TPSA) is 90.5 Å². The van der Waals surface area contributed by atoms with Crippen LogP contribution in [-0.2, 0) is 6.54 Å². The van der Waals surface area contributed by atoms with E-state index in [1.807, 2.05) is 24.3 Å². The number of benzene rings is 2. The van der Waals surface area contributed by atoms with E-state index in [4.69, 9.17) is 9.73 Å². The van der Waals surface area contributed by atoms with E-state index in [9.17, 15) is 0 Å². The maximum Gasteiger partial charge on any atom is 0.191 e. The van der Waals surface area contributed by atoms with Crippen LogP contribution in [0.25, 0.3) is 11.4 Å². The SMILES string of the molecule is CCNC(=NCc1cccc(-c2ncn[nH]2)c1)NC1CCN(c2ccccc2OC)C1.I. The third kappa shape index (κ3) is 5.90. The molecule has 9 heteroatoms. The maximum atomic E-state index is 5.53. The van der Waals surface area contributed by atoms with Crippen LogP contribution >= 0.6 is 24.0 Å². The second-order valence-electron chi connectivity index (χ2n) is 7.48. The number of para-hydroxylation sites is 2. The zero-order chi connectivity index (χ0) is 21.5. The molecule has 0 spiro atoms. The van der Waals surface area contributed by atoms with Crippen molar-refractivity contribution in [1.82, 2.24) is 25.8 Å². The number of anilines is 1. The summed E-state index contributed by atoms with van der Waals surface area (Å²) in [7, 11) is 1.72. The lowest BCUT2D eigenvalue weighted by atomic mass is 10.1. The molecule has 0 radical (unpaired) electrons. The van der Waals surface area contributed by atoms with Gasteiger partial charge in [0, 0.05) is 31.2 Å². The number of rotatable bonds is 7. The van der Waals surface area contributed by atoms with E-state index in [0.29, 0.717) is 12.6 Å². The van der Waals surface area contributed by atoms with E-state index in [0.717, 1.165) is 60.4 Å². The number of halogens is 1. The van der Waals surface area contributed by atoms with Gasteiger partial charge in [-0.25, -0.2) is 9.98 Å². The molecule has 1 saturated heterocycles. The number of guanidine groups is 1. The van der Waals surface area contributed by atoms with E-state index in [1.54, 1.807) is 7.11 Å². The highest BCUT2D eigenvalue weighted by Crippen LogP contribution is 2.30. The Hall–Kier alpha value is -2.82. The second-order valence-corrected chi connectivity index (χ2v) is 7.48. The molecule has 1 fully saturated rings. The maximum absolute atomic E-state index is 5.53. The van der Waals surface area contributed by atoms with E-state index in [1.165, 1.54) is 6.33 Å². The van der Waals surface area contributed by atoms with Crippen molar-refractivity contribution in [2.75, 3.05) is 31.6 Å². The van der Waals surface area contributed by atoms with Gasteiger partial charge < -0.3 is 20.3 Å². The summed E-state index contributed by atoms with van der Waals surface area (Å²) in [5, 5.41) is 13.8. The molecule has 2 aromatic carbocycles. The third-order valence-electron chi connectivity index (χ3n) is 5.33. The molecule has 2 heterocycles. The second kappa shape index (κ2) is 11.7. The van der Waals surface area contributed by atoms with Crippen LogP contribution < -0.4 is 20.3 Å². The monoisotopic (exact) mass is 547 g/mol. The molecule has 0 aliphatic carbocycles. The summed E-state index contributed by atoms with van der Waals surface area (Å²) >= 11 is 0. The number of nitrogens with zero attached hydrogens (tertiary/aromatic N) is 4. The van der Waals surface area contributed by atoms with Crippen molar-refractivity contribution in [3.05, 3.63) is 60.4 Å². The molecule has 3 aromatic rings. The molecule has 0 bridgehead atoms. The van der Waals surface area contributed by atoms with E-state index in [2.05, 4.69) is 61.9 Å². The predicted octanol–water partition coefficient (Wildman–Crippen LogP) is 3.43. The standard InChI is InChI=1S/C23H29N7O.HI/c1-3-24-23(25-14-17-7-6-8-18(13-17)22-26-16-27-29-22)28-19-11-12-30(15-19)20-9-4-5-10-21(20)31-2;/h4-10,13,16,19H,3,11-12,14-15H2,1-2H3,(H2,24,25,28)(H,26,27,29);1H. The average molecular weight is 547 g/mol. The Balaban J connectivity index is 0.00000289. The molecular weight excluding hydrogens is 517 g/mol.